The van der Waals surface area contributed by atoms with Gasteiger partial charge in [0.25, 0.3) is 0 Å². The van der Waals surface area contributed by atoms with Crippen LogP contribution in [0.4, 0.5) is 4.79 Å². The van der Waals surface area contributed by atoms with Crippen LogP contribution in [0.5, 0.6) is 0 Å². The first kappa shape index (κ1) is 19.7. The summed E-state index contributed by atoms with van der Waals surface area (Å²) in [6.45, 7) is 12.9. The molecule has 1 rings (SSSR count). The molecule has 6 heteroatoms. The molecule has 134 valence electrons. The van der Waals surface area contributed by atoms with Crippen molar-refractivity contribution in [2.24, 2.45) is 0 Å². The number of likely N-dealkylation sites (N-methyl/N-ethyl adjacent to an activating group) is 1. The van der Waals surface area contributed by atoms with Crippen molar-refractivity contribution >= 4 is 12.0 Å². The fourth-order valence-corrected chi connectivity index (χ4v) is 2.97. The molecule has 0 saturated heterocycles. The summed E-state index contributed by atoms with van der Waals surface area (Å²) in [6, 6.07) is 0.169. The van der Waals surface area contributed by atoms with Crippen LogP contribution in [0.3, 0.4) is 0 Å². The van der Waals surface area contributed by atoms with E-state index in [-0.39, 0.29) is 30.1 Å². The van der Waals surface area contributed by atoms with Crippen LogP contribution in [0, 0.1) is 0 Å². The molecule has 0 aromatic rings. The Labute approximate surface area is 140 Å². The molecule has 0 aliphatic heterocycles. The topological polar surface area (TPSA) is 70.7 Å². The Hall–Kier alpha value is -1.30. The minimum atomic E-state index is -0.481. The normalized spacial score (nSPS) is 22.5. The number of rotatable bonds is 6. The van der Waals surface area contributed by atoms with Gasteiger partial charge in [0.2, 0.25) is 5.91 Å². The van der Waals surface area contributed by atoms with Gasteiger partial charge in [0.15, 0.2) is 0 Å². The highest BCUT2D eigenvalue weighted by Crippen LogP contribution is 2.20. The van der Waals surface area contributed by atoms with E-state index >= 15 is 0 Å². The second kappa shape index (κ2) is 8.52. The van der Waals surface area contributed by atoms with Crippen LogP contribution in [0.2, 0.25) is 0 Å². The maximum absolute atomic E-state index is 12.3. The van der Waals surface area contributed by atoms with Crippen LogP contribution in [0.25, 0.3) is 0 Å². The van der Waals surface area contributed by atoms with E-state index in [2.05, 4.69) is 10.6 Å². The molecule has 0 radical (unpaired) electrons. The van der Waals surface area contributed by atoms with Gasteiger partial charge in [0.05, 0.1) is 6.04 Å². The van der Waals surface area contributed by atoms with Gasteiger partial charge in [-0.05, 0) is 60.8 Å². The zero-order valence-electron chi connectivity index (χ0n) is 15.4. The van der Waals surface area contributed by atoms with E-state index in [4.69, 9.17) is 4.74 Å². The molecule has 2 amide bonds. The number of carbonyl (C=O) groups excluding carboxylic acids is 2. The third-order valence-corrected chi connectivity index (χ3v) is 4.08. The quantitative estimate of drug-likeness (QED) is 0.785. The lowest BCUT2D eigenvalue weighted by molar-refractivity contribution is -0.132. The molecular formula is C17H33N3O3. The lowest BCUT2D eigenvalue weighted by Crippen LogP contribution is -2.48. The average molecular weight is 327 g/mol. The summed E-state index contributed by atoms with van der Waals surface area (Å²) in [4.78, 5) is 25.9. The van der Waals surface area contributed by atoms with Crippen molar-refractivity contribution < 1.29 is 14.3 Å². The van der Waals surface area contributed by atoms with Crippen molar-refractivity contribution in [1.29, 1.82) is 0 Å². The lowest BCUT2D eigenvalue weighted by Gasteiger charge is -2.26. The number of alkyl carbamates (subject to hydrolysis) is 1. The van der Waals surface area contributed by atoms with Crippen LogP contribution in [0.1, 0.15) is 60.8 Å². The van der Waals surface area contributed by atoms with Gasteiger partial charge in [-0.15, -0.1) is 0 Å². The molecule has 0 bridgehead atoms. The molecule has 6 nitrogen and oxygen atoms in total. The number of ether oxygens (including phenoxy) is 1. The average Bonchev–Trinajstić information content (AvgIpc) is 2.84. The summed E-state index contributed by atoms with van der Waals surface area (Å²) >= 11 is 0. The number of amides is 2. The largest absolute Gasteiger partial charge is 0.444 e. The number of hydrogen-bond donors (Lipinski definition) is 2. The monoisotopic (exact) mass is 327 g/mol. The number of carbonyl (C=O) groups is 2. The smallest absolute Gasteiger partial charge is 0.407 e. The first-order valence-electron chi connectivity index (χ1n) is 8.70. The Morgan fingerprint density at radius 1 is 1.17 bits per heavy atom. The van der Waals surface area contributed by atoms with Crippen LogP contribution >= 0.6 is 0 Å². The molecule has 0 aromatic carbocycles. The van der Waals surface area contributed by atoms with Crippen LogP contribution in [0.15, 0.2) is 0 Å². The van der Waals surface area contributed by atoms with Crippen molar-refractivity contribution in [3.8, 4) is 0 Å². The summed E-state index contributed by atoms with van der Waals surface area (Å²) in [6.07, 6.45) is 2.32. The summed E-state index contributed by atoms with van der Waals surface area (Å²) in [5.74, 6) is 0.138. The Balaban J connectivity index is 2.39. The van der Waals surface area contributed by atoms with Crippen molar-refractivity contribution in [3.63, 3.8) is 0 Å². The Morgan fingerprint density at radius 2 is 1.74 bits per heavy atom. The number of hydrogen-bond acceptors (Lipinski definition) is 4. The molecular weight excluding hydrogens is 294 g/mol. The highest BCUT2D eigenvalue weighted by molar-refractivity contribution is 5.81. The predicted molar refractivity (Wildman–Crippen MR) is 91.3 cm³/mol. The fraction of sp³-hybridized carbons (Fsp3) is 0.882. The van der Waals surface area contributed by atoms with Crippen molar-refractivity contribution in [3.05, 3.63) is 0 Å². The van der Waals surface area contributed by atoms with Gasteiger partial charge >= 0.3 is 6.09 Å². The maximum Gasteiger partial charge on any atom is 0.407 e. The number of nitrogens with zero attached hydrogens (tertiary/aromatic N) is 1. The summed E-state index contributed by atoms with van der Waals surface area (Å²) in [7, 11) is 0. The first-order valence-corrected chi connectivity index (χ1v) is 8.70. The molecule has 1 aliphatic rings. The third-order valence-electron chi connectivity index (χ3n) is 4.08. The first-order chi connectivity index (χ1) is 10.7. The van der Waals surface area contributed by atoms with E-state index in [1.54, 1.807) is 0 Å². The maximum atomic E-state index is 12.3. The second-order valence-corrected chi connectivity index (χ2v) is 7.25. The highest BCUT2D eigenvalue weighted by atomic mass is 16.6. The van der Waals surface area contributed by atoms with Gasteiger partial charge in [-0.1, -0.05) is 0 Å². The molecule has 23 heavy (non-hydrogen) atoms. The molecule has 0 spiro atoms. The van der Waals surface area contributed by atoms with Gasteiger partial charge in [0.1, 0.15) is 5.60 Å². The molecule has 3 unspecified atom stereocenters. The molecule has 1 saturated carbocycles. The van der Waals surface area contributed by atoms with E-state index < -0.39 is 5.60 Å². The third kappa shape index (κ3) is 6.77. The van der Waals surface area contributed by atoms with E-state index in [1.165, 1.54) is 0 Å². The van der Waals surface area contributed by atoms with Crippen molar-refractivity contribution in [2.75, 3.05) is 13.1 Å². The number of nitrogens with one attached hydrogen (secondary N) is 2. The fourth-order valence-electron chi connectivity index (χ4n) is 2.97. The molecule has 3 atom stereocenters. The van der Waals surface area contributed by atoms with Crippen LogP contribution in [-0.2, 0) is 9.53 Å². The van der Waals surface area contributed by atoms with Crippen LogP contribution < -0.4 is 10.6 Å². The van der Waals surface area contributed by atoms with Crippen LogP contribution in [-0.4, -0.2) is 53.7 Å². The molecule has 0 aromatic heterocycles. The highest BCUT2D eigenvalue weighted by Gasteiger charge is 2.30. The minimum Gasteiger partial charge on any atom is -0.444 e. The summed E-state index contributed by atoms with van der Waals surface area (Å²) < 4.78 is 5.28. The lowest BCUT2D eigenvalue weighted by atomic mass is 10.2. The minimum absolute atomic E-state index is 0.109. The Bertz CT molecular complexity index is 402. The zero-order chi connectivity index (χ0) is 17.6. The second-order valence-electron chi connectivity index (χ2n) is 7.25. The summed E-state index contributed by atoms with van der Waals surface area (Å²) in [5.41, 5.74) is -0.481. The zero-order valence-corrected chi connectivity index (χ0v) is 15.4. The molecule has 0 heterocycles. The van der Waals surface area contributed by atoms with Gasteiger partial charge < -0.3 is 20.3 Å². The molecule has 1 aliphatic carbocycles. The van der Waals surface area contributed by atoms with Gasteiger partial charge in [-0.25, -0.2) is 4.79 Å². The molecule has 2 N–H and O–H groups in total. The van der Waals surface area contributed by atoms with E-state index in [1.807, 2.05) is 46.4 Å². The van der Waals surface area contributed by atoms with Gasteiger partial charge in [0, 0.05) is 25.2 Å². The Morgan fingerprint density at radius 3 is 2.26 bits per heavy atom. The van der Waals surface area contributed by atoms with E-state index in [9.17, 15) is 9.59 Å². The van der Waals surface area contributed by atoms with Crippen molar-refractivity contribution in [2.45, 2.75) is 84.5 Å². The van der Waals surface area contributed by atoms with Gasteiger partial charge in [-0.3, -0.25) is 4.79 Å². The van der Waals surface area contributed by atoms with Gasteiger partial charge in [-0.2, -0.15) is 0 Å². The Kier molecular flexibility index (Phi) is 7.32. The standard InChI is InChI=1S/C17H33N3O3/c1-7-20(8-2)15(21)12(3)18-13-9-10-14(11-13)19-16(22)23-17(4,5)6/h12-14,18H,7-11H2,1-6H3,(H,19,22). The molecule has 1 fully saturated rings. The van der Waals surface area contributed by atoms with E-state index in [0.717, 1.165) is 32.4 Å². The van der Waals surface area contributed by atoms with Crippen molar-refractivity contribution in [1.82, 2.24) is 15.5 Å². The summed E-state index contributed by atoms with van der Waals surface area (Å²) in [5, 5.41) is 6.31. The van der Waals surface area contributed by atoms with E-state index in [0.29, 0.717) is 0 Å². The predicted octanol–water partition coefficient (Wildman–Crippen LogP) is 2.28. The SMILES string of the molecule is CCN(CC)C(=O)C(C)NC1CCC(NC(=O)OC(C)(C)C)C1.